The lowest BCUT2D eigenvalue weighted by molar-refractivity contribution is 0.0518. The van der Waals surface area contributed by atoms with Crippen LogP contribution in [0.25, 0.3) is 0 Å². The van der Waals surface area contributed by atoms with E-state index in [1.807, 2.05) is 20.2 Å². The number of nitrogens with zero attached hydrogens (tertiary/aromatic N) is 4. The molecule has 0 radical (unpaired) electrons. The Kier molecular flexibility index (Phi) is 6.08. The smallest absolute Gasteiger partial charge is 0.289 e. The van der Waals surface area contributed by atoms with E-state index in [1.165, 1.54) is 6.26 Å². The van der Waals surface area contributed by atoms with Crippen LogP contribution in [0, 0.1) is 0 Å². The standard InChI is InChI=1S/C19H25N5O3/c1-22(2)6-5-21-16-12-15(13-20-14-16)18(25)23-7-9-24(10-8-23)19(26)17-4-3-11-27-17/h3-4,11-14,21H,5-10H2,1-2H3. The van der Waals surface area contributed by atoms with Crippen molar-refractivity contribution in [3.63, 3.8) is 0 Å². The van der Waals surface area contributed by atoms with Crippen LogP contribution < -0.4 is 5.32 Å². The summed E-state index contributed by atoms with van der Waals surface area (Å²) in [5.41, 5.74) is 1.38. The van der Waals surface area contributed by atoms with E-state index in [4.69, 9.17) is 4.42 Å². The maximum atomic E-state index is 12.8. The highest BCUT2D eigenvalue weighted by Crippen LogP contribution is 2.14. The third kappa shape index (κ3) is 4.85. The van der Waals surface area contributed by atoms with Gasteiger partial charge in [-0.1, -0.05) is 0 Å². The van der Waals surface area contributed by atoms with Gasteiger partial charge in [0, 0.05) is 51.7 Å². The molecule has 0 aromatic carbocycles. The van der Waals surface area contributed by atoms with Crippen LogP contribution in [0.1, 0.15) is 20.9 Å². The van der Waals surface area contributed by atoms with Crippen LogP contribution >= 0.6 is 0 Å². The molecule has 1 aliphatic rings. The Labute approximate surface area is 158 Å². The predicted molar refractivity (Wildman–Crippen MR) is 102 cm³/mol. The Balaban J connectivity index is 1.55. The first-order chi connectivity index (χ1) is 13.0. The fourth-order valence-electron chi connectivity index (χ4n) is 2.93. The summed E-state index contributed by atoms with van der Waals surface area (Å²) in [6, 6.07) is 5.17. The molecule has 8 nitrogen and oxygen atoms in total. The van der Waals surface area contributed by atoms with Gasteiger partial charge in [-0.15, -0.1) is 0 Å². The molecule has 1 N–H and O–H groups in total. The minimum Gasteiger partial charge on any atom is -0.459 e. The molecule has 0 aliphatic carbocycles. The monoisotopic (exact) mass is 371 g/mol. The van der Waals surface area contributed by atoms with Gasteiger partial charge in [-0.05, 0) is 32.3 Å². The molecule has 2 amide bonds. The zero-order chi connectivity index (χ0) is 19.2. The lowest BCUT2D eigenvalue weighted by atomic mass is 10.2. The lowest BCUT2D eigenvalue weighted by Gasteiger charge is -2.34. The highest BCUT2D eigenvalue weighted by atomic mass is 16.3. The molecule has 1 fully saturated rings. The number of carbonyl (C=O) groups excluding carboxylic acids is 2. The van der Waals surface area contributed by atoms with Gasteiger partial charge in [-0.3, -0.25) is 14.6 Å². The van der Waals surface area contributed by atoms with E-state index >= 15 is 0 Å². The van der Waals surface area contributed by atoms with E-state index in [9.17, 15) is 9.59 Å². The van der Waals surface area contributed by atoms with Gasteiger partial charge in [0.2, 0.25) is 0 Å². The van der Waals surface area contributed by atoms with Crippen LogP contribution in [0.2, 0.25) is 0 Å². The number of likely N-dealkylation sites (N-methyl/N-ethyl adjacent to an activating group) is 1. The Bertz CT molecular complexity index is 767. The quantitative estimate of drug-likeness (QED) is 0.823. The molecule has 2 aromatic rings. The van der Waals surface area contributed by atoms with Crippen LogP contribution in [-0.4, -0.2) is 84.9 Å². The van der Waals surface area contributed by atoms with E-state index < -0.39 is 0 Å². The fraction of sp³-hybridized carbons (Fsp3) is 0.421. The summed E-state index contributed by atoms with van der Waals surface area (Å²) in [5.74, 6) is 0.125. The van der Waals surface area contributed by atoms with E-state index in [1.54, 1.807) is 34.3 Å². The van der Waals surface area contributed by atoms with Gasteiger partial charge in [-0.2, -0.15) is 0 Å². The van der Waals surface area contributed by atoms with Gasteiger partial charge in [0.15, 0.2) is 5.76 Å². The van der Waals surface area contributed by atoms with Crippen molar-refractivity contribution in [2.24, 2.45) is 0 Å². The summed E-state index contributed by atoms with van der Waals surface area (Å²) in [5, 5.41) is 3.27. The highest BCUT2D eigenvalue weighted by Gasteiger charge is 2.26. The number of pyridine rings is 1. The van der Waals surface area contributed by atoms with Crippen molar-refractivity contribution in [2.75, 3.05) is 58.7 Å². The zero-order valence-corrected chi connectivity index (χ0v) is 15.7. The molecule has 0 atom stereocenters. The van der Waals surface area contributed by atoms with Crippen LogP contribution in [-0.2, 0) is 0 Å². The third-order valence-corrected chi connectivity index (χ3v) is 4.46. The minimum atomic E-state index is -0.138. The molecule has 0 saturated carbocycles. The van der Waals surface area contributed by atoms with Crippen molar-refractivity contribution in [1.29, 1.82) is 0 Å². The topological polar surface area (TPSA) is 81.9 Å². The summed E-state index contributed by atoms with van der Waals surface area (Å²) >= 11 is 0. The molecule has 3 heterocycles. The van der Waals surface area contributed by atoms with Gasteiger partial charge in [0.1, 0.15) is 0 Å². The first kappa shape index (κ1) is 18.9. The first-order valence-electron chi connectivity index (χ1n) is 9.00. The van der Waals surface area contributed by atoms with E-state index in [2.05, 4.69) is 15.2 Å². The molecule has 0 bridgehead atoms. The Hall–Kier alpha value is -2.87. The number of piperazine rings is 1. The van der Waals surface area contributed by atoms with Crippen molar-refractivity contribution in [3.05, 3.63) is 48.2 Å². The van der Waals surface area contributed by atoms with Crippen LogP contribution in [0.3, 0.4) is 0 Å². The summed E-state index contributed by atoms with van der Waals surface area (Å²) in [6.45, 7) is 3.62. The number of hydrogen-bond acceptors (Lipinski definition) is 6. The van der Waals surface area contributed by atoms with Crippen molar-refractivity contribution in [2.45, 2.75) is 0 Å². The van der Waals surface area contributed by atoms with Crippen LogP contribution in [0.4, 0.5) is 5.69 Å². The number of rotatable bonds is 6. The number of aromatic nitrogens is 1. The molecular formula is C19H25N5O3. The van der Waals surface area contributed by atoms with Gasteiger partial charge < -0.3 is 24.4 Å². The SMILES string of the molecule is CN(C)CCNc1cncc(C(=O)N2CCN(C(=O)c3ccco3)CC2)c1. The summed E-state index contributed by atoms with van der Waals surface area (Å²) in [7, 11) is 4.02. The van der Waals surface area contributed by atoms with Crippen molar-refractivity contribution in [1.82, 2.24) is 19.7 Å². The second-order valence-corrected chi connectivity index (χ2v) is 6.75. The maximum absolute atomic E-state index is 12.8. The predicted octanol–water partition coefficient (Wildman–Crippen LogP) is 1.25. The maximum Gasteiger partial charge on any atom is 0.289 e. The van der Waals surface area contributed by atoms with E-state index in [0.29, 0.717) is 37.5 Å². The fourth-order valence-corrected chi connectivity index (χ4v) is 2.93. The van der Waals surface area contributed by atoms with Crippen molar-refractivity contribution in [3.8, 4) is 0 Å². The second-order valence-electron chi connectivity index (χ2n) is 6.75. The molecule has 2 aromatic heterocycles. The summed E-state index contributed by atoms with van der Waals surface area (Å²) in [6.07, 6.45) is 4.78. The summed E-state index contributed by atoms with van der Waals surface area (Å²) in [4.78, 5) is 34.8. The van der Waals surface area contributed by atoms with Gasteiger partial charge in [-0.25, -0.2) is 0 Å². The number of carbonyl (C=O) groups is 2. The van der Waals surface area contributed by atoms with Crippen molar-refractivity contribution >= 4 is 17.5 Å². The van der Waals surface area contributed by atoms with E-state index in [-0.39, 0.29) is 11.8 Å². The number of anilines is 1. The number of amides is 2. The molecule has 1 saturated heterocycles. The first-order valence-corrected chi connectivity index (χ1v) is 9.00. The normalized spacial score (nSPS) is 14.5. The Morgan fingerprint density at radius 3 is 2.48 bits per heavy atom. The van der Waals surface area contributed by atoms with E-state index in [0.717, 1.165) is 18.8 Å². The number of hydrogen-bond donors (Lipinski definition) is 1. The van der Waals surface area contributed by atoms with Gasteiger partial charge in [0.05, 0.1) is 17.5 Å². The number of furan rings is 1. The average molecular weight is 371 g/mol. The van der Waals surface area contributed by atoms with Gasteiger partial charge >= 0.3 is 0 Å². The molecule has 8 heteroatoms. The molecule has 3 rings (SSSR count). The Morgan fingerprint density at radius 2 is 1.85 bits per heavy atom. The summed E-state index contributed by atoms with van der Waals surface area (Å²) < 4.78 is 5.16. The molecular weight excluding hydrogens is 346 g/mol. The van der Waals surface area contributed by atoms with Crippen molar-refractivity contribution < 1.29 is 14.0 Å². The minimum absolute atomic E-state index is 0.0659. The second kappa shape index (κ2) is 8.68. The number of nitrogens with one attached hydrogen (secondary N) is 1. The van der Waals surface area contributed by atoms with Crippen LogP contribution in [0.5, 0.6) is 0 Å². The average Bonchev–Trinajstić information content (AvgIpc) is 3.22. The van der Waals surface area contributed by atoms with Gasteiger partial charge in [0.25, 0.3) is 11.8 Å². The molecule has 0 unspecified atom stereocenters. The molecule has 1 aliphatic heterocycles. The molecule has 144 valence electrons. The zero-order valence-electron chi connectivity index (χ0n) is 15.7. The molecule has 0 spiro atoms. The third-order valence-electron chi connectivity index (χ3n) is 4.46. The van der Waals surface area contributed by atoms with Crippen LogP contribution in [0.15, 0.2) is 41.3 Å². The highest BCUT2D eigenvalue weighted by molar-refractivity contribution is 5.95. The Morgan fingerprint density at radius 1 is 1.15 bits per heavy atom. The molecule has 27 heavy (non-hydrogen) atoms. The lowest BCUT2D eigenvalue weighted by Crippen LogP contribution is -2.50. The largest absolute Gasteiger partial charge is 0.459 e.